The molecule has 3 heteroatoms. The molecule has 60 valence electrons. The predicted molar refractivity (Wildman–Crippen MR) is 42.7 cm³/mol. The molecule has 0 saturated heterocycles. The van der Waals surface area contributed by atoms with E-state index in [0.29, 0.717) is 6.54 Å². The van der Waals surface area contributed by atoms with Gasteiger partial charge in [0.1, 0.15) is 6.61 Å². The number of hydrogen-bond donors (Lipinski definition) is 1. The van der Waals surface area contributed by atoms with Gasteiger partial charge in [0.05, 0.1) is 6.54 Å². The molecule has 0 aromatic carbocycles. The van der Waals surface area contributed by atoms with Crippen molar-refractivity contribution in [3.8, 4) is 5.88 Å². The molecule has 0 amide bonds. The Morgan fingerprint density at radius 2 is 2.45 bits per heavy atom. The van der Waals surface area contributed by atoms with Crippen molar-refractivity contribution in [1.82, 2.24) is 4.57 Å². The molecule has 0 bridgehead atoms. The number of fused-ring (bicyclic) bond motifs is 1. The number of nitrogens with zero attached hydrogens (tertiary/aromatic N) is 1. The first-order chi connectivity index (χ1) is 5.42. The number of ether oxygens (including phenoxy) is 1. The van der Waals surface area contributed by atoms with Crippen LogP contribution in [-0.4, -0.2) is 17.7 Å². The quantitative estimate of drug-likeness (QED) is 0.665. The average Bonchev–Trinajstić information content (AvgIpc) is 2.53. The molecule has 0 atom stereocenters. The molecule has 0 unspecified atom stereocenters. The summed E-state index contributed by atoms with van der Waals surface area (Å²) < 4.78 is 7.53. The van der Waals surface area contributed by atoms with Crippen molar-refractivity contribution in [2.45, 2.75) is 13.0 Å². The second kappa shape index (κ2) is 2.58. The van der Waals surface area contributed by atoms with Crippen LogP contribution in [0.3, 0.4) is 0 Å². The van der Waals surface area contributed by atoms with E-state index in [1.165, 1.54) is 5.69 Å². The summed E-state index contributed by atoms with van der Waals surface area (Å²) in [4.78, 5) is 0. The lowest BCUT2D eigenvalue weighted by Gasteiger charge is -2.00. The summed E-state index contributed by atoms with van der Waals surface area (Å²) in [6.45, 7) is 2.51. The molecule has 1 aliphatic heterocycles. The van der Waals surface area contributed by atoms with Crippen LogP contribution in [0, 0.1) is 0 Å². The van der Waals surface area contributed by atoms with Crippen LogP contribution in [0.2, 0.25) is 0 Å². The number of hydrogen-bond acceptors (Lipinski definition) is 2. The van der Waals surface area contributed by atoms with E-state index >= 15 is 0 Å². The Balaban J connectivity index is 2.27. The average molecular weight is 152 g/mol. The summed E-state index contributed by atoms with van der Waals surface area (Å²) >= 11 is 0. The number of aromatic nitrogens is 1. The van der Waals surface area contributed by atoms with Crippen LogP contribution in [0.4, 0.5) is 0 Å². The summed E-state index contributed by atoms with van der Waals surface area (Å²) in [7, 11) is 0. The van der Waals surface area contributed by atoms with Gasteiger partial charge in [0.25, 0.3) is 0 Å². The van der Waals surface area contributed by atoms with Crippen molar-refractivity contribution in [2.24, 2.45) is 5.73 Å². The minimum absolute atomic E-state index is 0.712. The Kier molecular flexibility index (Phi) is 1.58. The lowest BCUT2D eigenvalue weighted by atomic mass is 10.3. The maximum Gasteiger partial charge on any atom is 0.193 e. The monoisotopic (exact) mass is 152 g/mol. The van der Waals surface area contributed by atoms with Gasteiger partial charge >= 0.3 is 0 Å². The molecule has 3 nitrogen and oxygen atoms in total. The Labute approximate surface area is 65.8 Å². The van der Waals surface area contributed by atoms with E-state index < -0.39 is 0 Å². The molecular formula is C8H12N2O. The maximum absolute atomic E-state index is 5.46. The number of nitrogens with two attached hydrogens (primary N) is 1. The van der Waals surface area contributed by atoms with Gasteiger partial charge in [0.15, 0.2) is 5.88 Å². The molecule has 0 fully saturated rings. The molecule has 0 spiro atoms. The minimum atomic E-state index is 0.712. The Bertz CT molecular complexity index is 255. The number of rotatable bonds is 2. The fourth-order valence-electron chi connectivity index (χ4n) is 1.48. The summed E-state index contributed by atoms with van der Waals surface area (Å²) in [6.07, 6.45) is 0.948. The van der Waals surface area contributed by atoms with Gasteiger partial charge in [0.2, 0.25) is 0 Å². The second-order valence-electron chi connectivity index (χ2n) is 2.70. The van der Waals surface area contributed by atoms with Crippen LogP contribution >= 0.6 is 0 Å². The van der Waals surface area contributed by atoms with E-state index in [1.54, 1.807) is 0 Å². The van der Waals surface area contributed by atoms with E-state index in [0.717, 1.165) is 25.5 Å². The van der Waals surface area contributed by atoms with E-state index in [4.69, 9.17) is 10.5 Å². The highest BCUT2D eigenvalue weighted by Gasteiger charge is 2.13. The first kappa shape index (κ1) is 6.73. The van der Waals surface area contributed by atoms with Crippen LogP contribution in [0.1, 0.15) is 5.69 Å². The van der Waals surface area contributed by atoms with Crippen molar-refractivity contribution >= 4 is 0 Å². The molecular weight excluding hydrogens is 140 g/mol. The van der Waals surface area contributed by atoms with Crippen molar-refractivity contribution in [2.75, 3.05) is 13.2 Å². The Morgan fingerprint density at radius 1 is 1.55 bits per heavy atom. The zero-order chi connectivity index (χ0) is 7.68. The van der Waals surface area contributed by atoms with E-state index in [1.807, 2.05) is 6.07 Å². The summed E-state index contributed by atoms with van der Waals surface area (Å²) in [5, 5.41) is 0. The van der Waals surface area contributed by atoms with Crippen LogP contribution < -0.4 is 10.5 Å². The van der Waals surface area contributed by atoms with Crippen LogP contribution in [-0.2, 0) is 13.0 Å². The molecule has 1 aromatic rings. The Hall–Kier alpha value is -0.960. The fourth-order valence-corrected chi connectivity index (χ4v) is 1.48. The van der Waals surface area contributed by atoms with Crippen LogP contribution in [0.5, 0.6) is 5.88 Å². The van der Waals surface area contributed by atoms with Crippen molar-refractivity contribution in [1.29, 1.82) is 0 Å². The zero-order valence-electron chi connectivity index (χ0n) is 6.42. The third-order valence-electron chi connectivity index (χ3n) is 2.00. The van der Waals surface area contributed by atoms with E-state index in [9.17, 15) is 0 Å². The topological polar surface area (TPSA) is 40.2 Å². The van der Waals surface area contributed by atoms with Crippen LogP contribution in [0.25, 0.3) is 0 Å². The fraction of sp³-hybridized carbons (Fsp3) is 0.500. The normalized spacial score (nSPS) is 14.6. The molecule has 2 rings (SSSR count). The molecule has 2 N–H and O–H groups in total. The molecule has 2 heterocycles. The highest BCUT2D eigenvalue weighted by molar-refractivity contribution is 5.23. The highest BCUT2D eigenvalue weighted by atomic mass is 16.5. The van der Waals surface area contributed by atoms with Gasteiger partial charge < -0.3 is 15.0 Å². The van der Waals surface area contributed by atoms with Crippen LogP contribution in [0.15, 0.2) is 12.1 Å². The SMILES string of the molecule is NCCc1ccc2n1CCO2. The van der Waals surface area contributed by atoms with Crippen molar-refractivity contribution in [3.05, 3.63) is 17.8 Å². The summed E-state index contributed by atoms with van der Waals surface area (Å²) in [5.41, 5.74) is 6.75. The highest BCUT2D eigenvalue weighted by Crippen LogP contribution is 2.21. The largest absolute Gasteiger partial charge is 0.477 e. The van der Waals surface area contributed by atoms with Gasteiger partial charge in [-0.3, -0.25) is 0 Å². The van der Waals surface area contributed by atoms with Crippen molar-refractivity contribution < 1.29 is 4.74 Å². The first-order valence-electron chi connectivity index (χ1n) is 3.93. The van der Waals surface area contributed by atoms with E-state index in [-0.39, 0.29) is 0 Å². The third kappa shape index (κ3) is 1.01. The first-order valence-corrected chi connectivity index (χ1v) is 3.93. The smallest absolute Gasteiger partial charge is 0.193 e. The van der Waals surface area contributed by atoms with Gasteiger partial charge in [-0.2, -0.15) is 0 Å². The zero-order valence-corrected chi connectivity index (χ0v) is 6.42. The molecule has 0 radical (unpaired) electrons. The van der Waals surface area contributed by atoms with Gasteiger partial charge in [-0.15, -0.1) is 0 Å². The van der Waals surface area contributed by atoms with E-state index in [2.05, 4.69) is 10.6 Å². The predicted octanol–water partition coefficient (Wildman–Crippen LogP) is 0.382. The Morgan fingerprint density at radius 3 is 3.27 bits per heavy atom. The van der Waals surface area contributed by atoms with Gasteiger partial charge in [0, 0.05) is 18.2 Å². The van der Waals surface area contributed by atoms with Gasteiger partial charge in [-0.05, 0) is 12.6 Å². The van der Waals surface area contributed by atoms with Gasteiger partial charge in [-0.1, -0.05) is 0 Å². The molecule has 1 aliphatic rings. The van der Waals surface area contributed by atoms with Crippen molar-refractivity contribution in [3.63, 3.8) is 0 Å². The summed E-state index contributed by atoms with van der Waals surface area (Å²) in [5.74, 6) is 0.994. The maximum atomic E-state index is 5.46. The molecule has 0 saturated carbocycles. The minimum Gasteiger partial charge on any atom is -0.477 e. The second-order valence-corrected chi connectivity index (χ2v) is 2.70. The standard InChI is InChI=1S/C8H12N2O/c9-4-3-7-1-2-8-10(7)5-6-11-8/h1-2H,3-6,9H2. The molecule has 11 heavy (non-hydrogen) atoms. The van der Waals surface area contributed by atoms with Gasteiger partial charge in [-0.25, -0.2) is 0 Å². The molecule has 0 aliphatic carbocycles. The third-order valence-corrected chi connectivity index (χ3v) is 2.00. The summed E-state index contributed by atoms with van der Waals surface area (Å²) in [6, 6.07) is 4.10. The lowest BCUT2D eigenvalue weighted by Crippen LogP contribution is -2.07. The molecule has 1 aromatic heterocycles. The lowest BCUT2D eigenvalue weighted by molar-refractivity contribution is 0.357.